The van der Waals surface area contributed by atoms with Gasteiger partial charge in [-0.15, -0.1) is 0 Å². The summed E-state index contributed by atoms with van der Waals surface area (Å²) in [5.74, 6) is 0.495. The van der Waals surface area contributed by atoms with Gasteiger partial charge >= 0.3 is 0 Å². The van der Waals surface area contributed by atoms with Crippen molar-refractivity contribution < 1.29 is 14.6 Å². The maximum atomic E-state index is 11.6. The maximum absolute atomic E-state index is 11.6. The van der Waals surface area contributed by atoms with Gasteiger partial charge in [0.05, 0.1) is 18.6 Å². The molecule has 1 unspecified atom stereocenters. The predicted octanol–water partition coefficient (Wildman–Crippen LogP) is 0.0175. The third kappa shape index (κ3) is 5.48. The lowest BCUT2D eigenvalue weighted by molar-refractivity contribution is -0.123. The molecule has 5 nitrogen and oxygen atoms in total. The lowest BCUT2D eigenvalue weighted by Crippen LogP contribution is -2.35. The van der Waals surface area contributed by atoms with Gasteiger partial charge in [0.2, 0.25) is 5.91 Å². The van der Waals surface area contributed by atoms with Gasteiger partial charge in [-0.1, -0.05) is 0 Å². The van der Waals surface area contributed by atoms with E-state index < -0.39 is 0 Å². The zero-order valence-corrected chi connectivity index (χ0v) is 10.5. The minimum atomic E-state index is -0.192. The van der Waals surface area contributed by atoms with E-state index in [0.717, 1.165) is 25.7 Å². The molecule has 0 bridgehead atoms. The molecule has 0 saturated heterocycles. The van der Waals surface area contributed by atoms with Crippen molar-refractivity contribution in [1.82, 2.24) is 5.32 Å². The summed E-state index contributed by atoms with van der Waals surface area (Å²) in [4.78, 5) is 11.6. The standard InChI is InChI=1S/C12H24N2O3/c1-17-11(7-13)6-12(16)14-8-9-2-4-10(15)5-3-9/h9-11,15H,2-8,13H2,1H3,(H,14,16). The first-order valence-corrected chi connectivity index (χ1v) is 6.33. The van der Waals surface area contributed by atoms with E-state index in [9.17, 15) is 9.90 Å². The summed E-state index contributed by atoms with van der Waals surface area (Å²) in [6.45, 7) is 1.06. The molecule has 1 saturated carbocycles. The number of ether oxygens (including phenoxy) is 1. The second-order valence-electron chi connectivity index (χ2n) is 4.78. The highest BCUT2D eigenvalue weighted by atomic mass is 16.5. The molecule has 100 valence electrons. The first-order chi connectivity index (χ1) is 8.15. The minimum Gasteiger partial charge on any atom is -0.393 e. The van der Waals surface area contributed by atoms with Crippen molar-refractivity contribution in [2.45, 2.75) is 44.3 Å². The average Bonchev–Trinajstić information content (AvgIpc) is 2.35. The van der Waals surface area contributed by atoms with Crippen LogP contribution in [0.4, 0.5) is 0 Å². The predicted molar refractivity (Wildman–Crippen MR) is 65.4 cm³/mol. The van der Waals surface area contributed by atoms with Crippen LogP contribution >= 0.6 is 0 Å². The summed E-state index contributed by atoms with van der Waals surface area (Å²) >= 11 is 0. The van der Waals surface area contributed by atoms with Crippen LogP contribution in [0.1, 0.15) is 32.1 Å². The number of methoxy groups -OCH3 is 1. The molecular formula is C12H24N2O3. The average molecular weight is 244 g/mol. The van der Waals surface area contributed by atoms with E-state index in [4.69, 9.17) is 10.5 Å². The Balaban J connectivity index is 2.15. The molecule has 4 N–H and O–H groups in total. The molecule has 1 atom stereocenters. The van der Waals surface area contributed by atoms with Gasteiger partial charge in [-0.2, -0.15) is 0 Å². The zero-order valence-electron chi connectivity index (χ0n) is 10.5. The normalized spacial score (nSPS) is 26.5. The highest BCUT2D eigenvalue weighted by Gasteiger charge is 2.20. The molecule has 0 aromatic carbocycles. The fourth-order valence-electron chi connectivity index (χ4n) is 2.15. The molecule has 1 rings (SSSR count). The monoisotopic (exact) mass is 244 g/mol. The summed E-state index contributed by atoms with van der Waals surface area (Å²) in [6.07, 6.45) is 3.68. The SMILES string of the molecule is COC(CN)CC(=O)NCC1CCC(O)CC1. The first-order valence-electron chi connectivity index (χ1n) is 6.33. The van der Waals surface area contributed by atoms with Crippen molar-refractivity contribution in [3.63, 3.8) is 0 Å². The van der Waals surface area contributed by atoms with Crippen molar-refractivity contribution in [3.8, 4) is 0 Å². The van der Waals surface area contributed by atoms with Crippen LogP contribution in [-0.2, 0) is 9.53 Å². The van der Waals surface area contributed by atoms with Crippen LogP contribution in [0, 0.1) is 5.92 Å². The van der Waals surface area contributed by atoms with E-state index >= 15 is 0 Å². The summed E-state index contributed by atoms with van der Waals surface area (Å²) in [6, 6.07) is 0. The molecule has 0 aromatic rings. The summed E-state index contributed by atoms with van der Waals surface area (Å²) in [5.41, 5.74) is 5.45. The third-order valence-electron chi connectivity index (χ3n) is 3.41. The molecule has 1 aliphatic carbocycles. The Morgan fingerprint density at radius 2 is 2.12 bits per heavy atom. The number of nitrogens with one attached hydrogen (secondary N) is 1. The highest BCUT2D eigenvalue weighted by molar-refractivity contribution is 5.76. The number of hydrogen-bond donors (Lipinski definition) is 3. The number of nitrogens with two attached hydrogens (primary N) is 1. The summed E-state index contributed by atoms with van der Waals surface area (Å²) < 4.78 is 5.06. The zero-order chi connectivity index (χ0) is 12.7. The highest BCUT2D eigenvalue weighted by Crippen LogP contribution is 2.23. The van der Waals surface area contributed by atoms with Crippen molar-refractivity contribution in [1.29, 1.82) is 0 Å². The van der Waals surface area contributed by atoms with Crippen LogP contribution in [-0.4, -0.2) is 43.4 Å². The molecule has 0 aromatic heterocycles. The van der Waals surface area contributed by atoms with Crippen LogP contribution in [0.25, 0.3) is 0 Å². The quantitative estimate of drug-likeness (QED) is 0.615. The fraction of sp³-hybridized carbons (Fsp3) is 0.917. The van der Waals surface area contributed by atoms with Gasteiger partial charge in [-0.25, -0.2) is 0 Å². The van der Waals surface area contributed by atoms with Gasteiger partial charge in [0.15, 0.2) is 0 Å². The summed E-state index contributed by atoms with van der Waals surface area (Å²) in [5, 5.41) is 12.3. The molecule has 17 heavy (non-hydrogen) atoms. The Labute approximate surface area is 103 Å². The van der Waals surface area contributed by atoms with Crippen LogP contribution in [0.2, 0.25) is 0 Å². The smallest absolute Gasteiger partial charge is 0.222 e. The Kier molecular flexibility index (Phi) is 6.47. The third-order valence-corrected chi connectivity index (χ3v) is 3.41. The first kappa shape index (κ1) is 14.4. The Morgan fingerprint density at radius 1 is 1.47 bits per heavy atom. The van der Waals surface area contributed by atoms with Crippen LogP contribution in [0.5, 0.6) is 0 Å². The van der Waals surface area contributed by atoms with Crippen molar-refractivity contribution in [2.24, 2.45) is 11.7 Å². The van der Waals surface area contributed by atoms with Gasteiger partial charge < -0.3 is 20.9 Å². The number of carbonyl (C=O) groups excluding carboxylic acids is 1. The fourth-order valence-corrected chi connectivity index (χ4v) is 2.15. The molecule has 0 spiro atoms. The number of amides is 1. The number of carbonyl (C=O) groups is 1. The molecule has 5 heteroatoms. The Morgan fingerprint density at radius 3 is 2.65 bits per heavy atom. The Bertz CT molecular complexity index is 224. The largest absolute Gasteiger partial charge is 0.393 e. The topological polar surface area (TPSA) is 84.6 Å². The van der Waals surface area contributed by atoms with Gasteiger partial charge in [-0.3, -0.25) is 4.79 Å². The lowest BCUT2D eigenvalue weighted by Gasteiger charge is -2.25. The maximum Gasteiger partial charge on any atom is 0.222 e. The van der Waals surface area contributed by atoms with E-state index in [1.54, 1.807) is 7.11 Å². The van der Waals surface area contributed by atoms with Crippen LogP contribution in [0.15, 0.2) is 0 Å². The van der Waals surface area contributed by atoms with Crippen LogP contribution in [0.3, 0.4) is 0 Å². The van der Waals surface area contributed by atoms with Crippen LogP contribution < -0.4 is 11.1 Å². The molecule has 1 aliphatic rings. The second kappa shape index (κ2) is 7.63. The van der Waals surface area contributed by atoms with Gasteiger partial charge in [-0.05, 0) is 31.6 Å². The number of rotatable bonds is 6. The molecule has 1 amide bonds. The van der Waals surface area contributed by atoms with E-state index in [1.807, 2.05) is 0 Å². The van der Waals surface area contributed by atoms with E-state index in [-0.39, 0.29) is 18.1 Å². The van der Waals surface area contributed by atoms with Crippen molar-refractivity contribution in [2.75, 3.05) is 20.2 Å². The van der Waals surface area contributed by atoms with E-state index in [1.165, 1.54) is 0 Å². The van der Waals surface area contributed by atoms with Gasteiger partial charge in [0.25, 0.3) is 0 Å². The minimum absolute atomic E-state index is 0.00609. The molecule has 0 heterocycles. The molecule has 1 fully saturated rings. The van der Waals surface area contributed by atoms with Gasteiger partial charge in [0.1, 0.15) is 0 Å². The Hall–Kier alpha value is -0.650. The summed E-state index contributed by atoms with van der Waals surface area (Å²) in [7, 11) is 1.56. The van der Waals surface area contributed by atoms with Crippen molar-refractivity contribution in [3.05, 3.63) is 0 Å². The van der Waals surface area contributed by atoms with Gasteiger partial charge in [0, 0.05) is 20.2 Å². The number of aliphatic hydroxyl groups is 1. The lowest BCUT2D eigenvalue weighted by atomic mass is 9.87. The second-order valence-corrected chi connectivity index (χ2v) is 4.78. The van der Waals surface area contributed by atoms with E-state index in [0.29, 0.717) is 25.4 Å². The molecule has 0 aliphatic heterocycles. The number of aliphatic hydroxyl groups excluding tert-OH is 1. The number of hydrogen-bond acceptors (Lipinski definition) is 4. The van der Waals surface area contributed by atoms with Crippen molar-refractivity contribution >= 4 is 5.91 Å². The molecule has 0 radical (unpaired) electrons. The van der Waals surface area contributed by atoms with E-state index in [2.05, 4.69) is 5.32 Å². The molecular weight excluding hydrogens is 220 g/mol.